The summed E-state index contributed by atoms with van der Waals surface area (Å²) in [4.78, 5) is 4.99. The van der Waals surface area contributed by atoms with Gasteiger partial charge in [0.15, 0.2) is 22.2 Å². The maximum absolute atomic E-state index is 8.68. The minimum atomic E-state index is -2.40. The molecule has 0 unspecified atom stereocenters. The van der Waals surface area contributed by atoms with Crippen LogP contribution in [0.3, 0.4) is 0 Å². The summed E-state index contributed by atoms with van der Waals surface area (Å²) in [5.74, 6) is 1.30. The molecule has 0 bridgehead atoms. The van der Waals surface area contributed by atoms with E-state index in [1.165, 1.54) is 22.3 Å². The quantitative estimate of drug-likeness (QED) is 0.173. The molecule has 4 heterocycles. The van der Waals surface area contributed by atoms with Crippen molar-refractivity contribution < 1.29 is 17.5 Å². The van der Waals surface area contributed by atoms with Crippen LogP contribution in [-0.4, -0.2) is 9.55 Å². The first-order valence-corrected chi connectivity index (χ1v) is 17.3. The Morgan fingerprint density at radius 2 is 1.42 bits per heavy atom. The SMILES string of the molecule is [2H]C([2H])([2H])c1cc(C)c(-c2n(-c3c(C(C)C)cc(-c4ccccc4)cc3C(C)C)c3ccccc3[n+]2C)c2oc3nc4c(cc3c12)oc1ccccc14. The van der Waals surface area contributed by atoms with E-state index in [1.54, 1.807) is 0 Å². The molecule has 0 spiro atoms. The van der Waals surface area contributed by atoms with Gasteiger partial charge in [-0.1, -0.05) is 88.4 Å². The molecule has 0 N–H and O–H groups in total. The number of para-hydroxylation sites is 3. The molecular weight excluding hydrogens is 615 g/mol. The molecule has 5 heteroatoms. The average Bonchev–Trinajstić information content (AvgIpc) is 3.78. The lowest BCUT2D eigenvalue weighted by atomic mass is 9.88. The highest BCUT2D eigenvalue weighted by molar-refractivity contribution is 6.15. The van der Waals surface area contributed by atoms with Gasteiger partial charge in [-0.15, -0.1) is 0 Å². The van der Waals surface area contributed by atoms with Gasteiger partial charge in [0.1, 0.15) is 22.4 Å². The van der Waals surface area contributed by atoms with Gasteiger partial charge in [-0.05, 0) is 90.3 Å². The van der Waals surface area contributed by atoms with Crippen molar-refractivity contribution in [1.29, 1.82) is 0 Å². The van der Waals surface area contributed by atoms with E-state index in [0.717, 1.165) is 44.6 Å². The third-order valence-electron chi connectivity index (χ3n) is 10.2. The molecule has 50 heavy (non-hydrogen) atoms. The maximum atomic E-state index is 8.68. The van der Waals surface area contributed by atoms with Crippen molar-refractivity contribution in [2.24, 2.45) is 7.05 Å². The summed E-state index contributed by atoms with van der Waals surface area (Å²) in [5.41, 5.74) is 12.7. The number of aromatic nitrogens is 3. The number of nitrogens with zero attached hydrogens (tertiary/aromatic N) is 3. The summed E-state index contributed by atoms with van der Waals surface area (Å²) < 4.78 is 43.7. The van der Waals surface area contributed by atoms with Crippen LogP contribution in [0.4, 0.5) is 0 Å². The fraction of sp³-hybridized carbons (Fsp3) is 0.200. The molecule has 9 rings (SSSR count). The lowest BCUT2D eigenvalue weighted by molar-refractivity contribution is -0.633. The number of aryl methyl sites for hydroxylation is 3. The van der Waals surface area contributed by atoms with Crippen LogP contribution < -0.4 is 4.57 Å². The van der Waals surface area contributed by atoms with Crippen LogP contribution in [0.5, 0.6) is 0 Å². The topological polar surface area (TPSA) is 48.0 Å². The van der Waals surface area contributed by atoms with E-state index in [2.05, 4.69) is 111 Å². The van der Waals surface area contributed by atoms with Crippen molar-refractivity contribution in [1.82, 2.24) is 9.55 Å². The van der Waals surface area contributed by atoms with Crippen molar-refractivity contribution in [2.45, 2.75) is 53.3 Å². The van der Waals surface area contributed by atoms with Crippen LogP contribution in [0.15, 0.2) is 112 Å². The van der Waals surface area contributed by atoms with Crippen LogP contribution in [0.25, 0.3) is 83.4 Å². The summed E-state index contributed by atoms with van der Waals surface area (Å²) in [6, 6.07) is 35.2. The standard InChI is InChI=1S/C45H40N3O2/c1-25(2)32-22-30(29-15-9-8-10-16-29)23-33(26(3)4)42(32)48-36-19-13-12-18-35(36)47(7)45(48)40-28(6)21-27(5)39-34-24-38-41(46-44(34)50-43(39)40)31-17-11-14-20-37(31)49-38/h8-26H,1-7H3/q+1/i5D3. The Labute approximate surface area is 295 Å². The van der Waals surface area contributed by atoms with E-state index in [1.807, 2.05) is 43.3 Å². The molecule has 0 saturated carbocycles. The largest absolute Gasteiger partial charge is 0.454 e. The third-order valence-corrected chi connectivity index (χ3v) is 10.2. The molecule has 0 fully saturated rings. The fourth-order valence-corrected chi connectivity index (χ4v) is 7.84. The number of benzene rings is 5. The van der Waals surface area contributed by atoms with Crippen molar-refractivity contribution in [3.8, 4) is 28.2 Å². The van der Waals surface area contributed by atoms with E-state index in [-0.39, 0.29) is 17.4 Å². The lowest BCUT2D eigenvalue weighted by Gasteiger charge is -2.21. The van der Waals surface area contributed by atoms with Crippen LogP contribution in [0.2, 0.25) is 0 Å². The van der Waals surface area contributed by atoms with Gasteiger partial charge >= 0.3 is 0 Å². The Morgan fingerprint density at radius 1 is 0.720 bits per heavy atom. The first kappa shape index (κ1) is 27.2. The van der Waals surface area contributed by atoms with Crippen LogP contribution in [-0.2, 0) is 7.05 Å². The second-order valence-corrected chi connectivity index (χ2v) is 14.1. The number of fused-ring (bicyclic) bond motifs is 7. The summed E-state index contributed by atoms with van der Waals surface area (Å²) in [6.07, 6.45) is 0. The lowest BCUT2D eigenvalue weighted by Crippen LogP contribution is -2.30. The van der Waals surface area contributed by atoms with Crippen molar-refractivity contribution in [2.75, 3.05) is 0 Å². The number of furan rings is 2. The van der Waals surface area contributed by atoms with E-state index < -0.39 is 6.85 Å². The monoisotopic (exact) mass is 657 g/mol. The molecule has 0 atom stereocenters. The van der Waals surface area contributed by atoms with Gasteiger partial charge < -0.3 is 8.83 Å². The van der Waals surface area contributed by atoms with Crippen molar-refractivity contribution in [3.05, 3.63) is 125 Å². The minimum absolute atomic E-state index is 0.199. The van der Waals surface area contributed by atoms with E-state index >= 15 is 0 Å². The summed E-state index contributed by atoms with van der Waals surface area (Å²) in [6.45, 7) is 8.59. The number of imidazole rings is 1. The molecule has 5 nitrogen and oxygen atoms in total. The van der Waals surface area contributed by atoms with Gasteiger partial charge in [0.05, 0.1) is 12.4 Å². The predicted molar refractivity (Wildman–Crippen MR) is 205 cm³/mol. The highest BCUT2D eigenvalue weighted by Gasteiger charge is 2.34. The van der Waals surface area contributed by atoms with Gasteiger partial charge in [0.25, 0.3) is 5.82 Å². The van der Waals surface area contributed by atoms with Gasteiger partial charge in [-0.3, -0.25) is 0 Å². The van der Waals surface area contributed by atoms with E-state index in [9.17, 15) is 0 Å². The molecule has 0 aliphatic rings. The molecule has 0 saturated heterocycles. The molecule has 4 aromatic heterocycles. The zero-order chi connectivity index (χ0) is 36.9. The molecule has 5 aromatic carbocycles. The van der Waals surface area contributed by atoms with Gasteiger partial charge in [-0.25, -0.2) is 9.55 Å². The number of pyridine rings is 1. The van der Waals surface area contributed by atoms with E-state index in [4.69, 9.17) is 17.9 Å². The van der Waals surface area contributed by atoms with Crippen molar-refractivity contribution in [3.63, 3.8) is 0 Å². The Balaban J connectivity index is 1.44. The number of hydrogen-bond donors (Lipinski definition) is 0. The number of hydrogen-bond acceptors (Lipinski definition) is 3. The highest BCUT2D eigenvalue weighted by Crippen LogP contribution is 2.44. The van der Waals surface area contributed by atoms with Crippen molar-refractivity contribution >= 4 is 55.2 Å². The maximum Gasteiger partial charge on any atom is 0.299 e. The molecule has 0 amide bonds. The Hall–Kier alpha value is -5.68. The number of rotatable bonds is 5. The summed E-state index contributed by atoms with van der Waals surface area (Å²) in [5, 5.41) is 2.02. The first-order valence-electron chi connectivity index (χ1n) is 18.8. The van der Waals surface area contributed by atoms with Gasteiger partial charge in [0.2, 0.25) is 5.71 Å². The second kappa shape index (κ2) is 11.2. The molecule has 0 aliphatic carbocycles. The third kappa shape index (κ3) is 4.39. The van der Waals surface area contributed by atoms with Gasteiger partial charge in [0, 0.05) is 26.0 Å². The highest BCUT2D eigenvalue weighted by atomic mass is 16.3. The molecule has 0 aliphatic heterocycles. The normalized spacial score (nSPS) is 13.4. The predicted octanol–water partition coefficient (Wildman–Crippen LogP) is 11.8. The fourth-order valence-electron chi connectivity index (χ4n) is 7.84. The smallest absolute Gasteiger partial charge is 0.299 e. The molecule has 0 radical (unpaired) electrons. The molecular formula is C45H40N3O2+. The zero-order valence-corrected chi connectivity index (χ0v) is 29.1. The minimum Gasteiger partial charge on any atom is -0.454 e. The van der Waals surface area contributed by atoms with E-state index in [0.29, 0.717) is 33.2 Å². The summed E-state index contributed by atoms with van der Waals surface area (Å²) in [7, 11) is 2.08. The van der Waals surface area contributed by atoms with Crippen LogP contribution >= 0.6 is 0 Å². The zero-order valence-electron chi connectivity index (χ0n) is 32.1. The Morgan fingerprint density at radius 3 is 2.16 bits per heavy atom. The Kier molecular flexibility index (Phi) is 6.07. The second-order valence-electron chi connectivity index (χ2n) is 14.1. The average molecular weight is 658 g/mol. The summed E-state index contributed by atoms with van der Waals surface area (Å²) >= 11 is 0. The molecule has 9 aromatic rings. The first-order chi connectivity index (χ1) is 25.4. The van der Waals surface area contributed by atoms with Gasteiger partial charge in [-0.2, -0.15) is 4.57 Å². The van der Waals surface area contributed by atoms with Crippen LogP contribution in [0.1, 0.15) is 65.9 Å². The van der Waals surface area contributed by atoms with Crippen LogP contribution in [0, 0.1) is 13.8 Å². The molecule has 246 valence electrons. The Bertz CT molecular complexity index is 2880.